The topological polar surface area (TPSA) is 34.1 Å². The summed E-state index contributed by atoms with van der Waals surface area (Å²) in [5.74, 6) is 0.872. The van der Waals surface area contributed by atoms with E-state index < -0.39 is 0 Å². The van der Waals surface area contributed by atoms with Crippen LogP contribution in [0, 0.1) is 0 Å². The van der Waals surface area contributed by atoms with Gasteiger partial charge in [0.2, 0.25) is 0 Å². The van der Waals surface area contributed by atoms with E-state index in [1.54, 1.807) is 6.20 Å². The van der Waals surface area contributed by atoms with Gasteiger partial charge in [-0.1, -0.05) is 25.1 Å². The average Bonchev–Trinajstić information content (AvgIpc) is 2.39. The van der Waals surface area contributed by atoms with Gasteiger partial charge in [0.25, 0.3) is 0 Å². The van der Waals surface area contributed by atoms with Crippen LogP contribution in [-0.4, -0.2) is 24.2 Å². The Bertz CT molecular complexity index is 493. The molecule has 18 heavy (non-hydrogen) atoms. The molecule has 0 amide bonds. The predicted octanol–water partition coefficient (Wildman–Crippen LogP) is 3.00. The Balaban J connectivity index is 1.99. The van der Waals surface area contributed by atoms with Gasteiger partial charge in [-0.25, -0.2) is 0 Å². The van der Waals surface area contributed by atoms with Crippen LogP contribution in [0.15, 0.2) is 36.5 Å². The number of rotatable bonds is 6. The van der Waals surface area contributed by atoms with Gasteiger partial charge in [0.1, 0.15) is 11.3 Å². The third kappa shape index (κ3) is 3.20. The van der Waals surface area contributed by atoms with E-state index in [2.05, 4.69) is 36.3 Å². The first-order valence-electron chi connectivity index (χ1n) is 6.51. The summed E-state index contributed by atoms with van der Waals surface area (Å²) >= 11 is 0. The number of pyridine rings is 1. The number of aromatic nitrogens is 1. The van der Waals surface area contributed by atoms with E-state index in [1.807, 2.05) is 18.2 Å². The van der Waals surface area contributed by atoms with Crippen LogP contribution in [-0.2, 0) is 0 Å². The molecule has 1 aromatic carbocycles. The molecular formula is C15H20N2O. The van der Waals surface area contributed by atoms with Gasteiger partial charge in [-0.2, -0.15) is 0 Å². The van der Waals surface area contributed by atoms with Crippen molar-refractivity contribution in [1.29, 1.82) is 0 Å². The molecular weight excluding hydrogens is 224 g/mol. The van der Waals surface area contributed by atoms with Gasteiger partial charge in [-0.15, -0.1) is 0 Å². The molecule has 0 spiro atoms. The normalized spacial score (nSPS) is 12.6. The van der Waals surface area contributed by atoms with Crippen molar-refractivity contribution < 1.29 is 4.74 Å². The maximum Gasteiger partial charge on any atom is 0.145 e. The quantitative estimate of drug-likeness (QED) is 0.848. The lowest BCUT2D eigenvalue weighted by Crippen LogP contribution is -2.27. The highest BCUT2D eigenvalue weighted by Gasteiger charge is 2.04. The minimum atomic E-state index is 0.484. The molecule has 1 N–H and O–H groups in total. The number of hydrogen-bond donors (Lipinski definition) is 1. The SMILES string of the molecule is CCNC(C)CCOc1cccc2cccnc12. The summed E-state index contributed by atoms with van der Waals surface area (Å²) in [6.07, 6.45) is 2.80. The highest BCUT2D eigenvalue weighted by atomic mass is 16.5. The number of para-hydroxylation sites is 1. The fraction of sp³-hybridized carbons (Fsp3) is 0.400. The smallest absolute Gasteiger partial charge is 0.145 e. The van der Waals surface area contributed by atoms with Gasteiger partial charge >= 0.3 is 0 Å². The Morgan fingerprint density at radius 1 is 1.28 bits per heavy atom. The molecule has 0 aliphatic rings. The number of benzene rings is 1. The summed E-state index contributed by atoms with van der Waals surface area (Å²) < 4.78 is 5.83. The third-order valence-corrected chi connectivity index (χ3v) is 2.96. The molecule has 0 saturated heterocycles. The van der Waals surface area contributed by atoms with Crippen LogP contribution < -0.4 is 10.1 Å². The summed E-state index contributed by atoms with van der Waals surface area (Å²) in [6, 6.07) is 10.5. The van der Waals surface area contributed by atoms with Gasteiger partial charge in [0.05, 0.1) is 6.61 Å². The molecule has 1 aromatic heterocycles. The van der Waals surface area contributed by atoms with Crippen LogP contribution >= 0.6 is 0 Å². The standard InChI is InChI=1S/C15H20N2O/c1-3-16-12(2)9-11-18-14-8-4-6-13-7-5-10-17-15(13)14/h4-8,10,12,16H,3,9,11H2,1-2H3. The molecule has 3 nitrogen and oxygen atoms in total. The van der Waals surface area contributed by atoms with Crippen molar-refractivity contribution in [1.82, 2.24) is 10.3 Å². The molecule has 0 fully saturated rings. The zero-order valence-electron chi connectivity index (χ0n) is 11.0. The van der Waals surface area contributed by atoms with Crippen LogP contribution in [0.3, 0.4) is 0 Å². The molecule has 1 atom stereocenters. The van der Waals surface area contributed by atoms with Crippen molar-refractivity contribution in [3.8, 4) is 5.75 Å². The lowest BCUT2D eigenvalue weighted by atomic mass is 10.2. The summed E-state index contributed by atoms with van der Waals surface area (Å²) in [7, 11) is 0. The summed E-state index contributed by atoms with van der Waals surface area (Å²) in [5, 5.41) is 4.49. The second-order valence-corrected chi connectivity index (χ2v) is 4.43. The Kier molecular flexibility index (Phi) is 4.53. The fourth-order valence-electron chi connectivity index (χ4n) is 1.99. The van der Waals surface area contributed by atoms with Crippen molar-refractivity contribution >= 4 is 10.9 Å². The summed E-state index contributed by atoms with van der Waals surface area (Å²) in [4.78, 5) is 4.37. The number of fused-ring (bicyclic) bond motifs is 1. The van der Waals surface area contributed by atoms with Crippen LogP contribution in [0.2, 0.25) is 0 Å². The average molecular weight is 244 g/mol. The number of nitrogens with one attached hydrogen (secondary N) is 1. The lowest BCUT2D eigenvalue weighted by Gasteiger charge is -2.13. The molecule has 0 bridgehead atoms. The van der Waals surface area contributed by atoms with Gasteiger partial charge < -0.3 is 10.1 Å². The summed E-state index contributed by atoms with van der Waals surface area (Å²) in [6.45, 7) is 6.00. The van der Waals surface area contributed by atoms with Crippen molar-refractivity contribution in [3.63, 3.8) is 0 Å². The number of ether oxygens (including phenoxy) is 1. The Morgan fingerprint density at radius 2 is 2.11 bits per heavy atom. The number of hydrogen-bond acceptors (Lipinski definition) is 3. The second-order valence-electron chi connectivity index (χ2n) is 4.43. The highest BCUT2D eigenvalue weighted by Crippen LogP contribution is 2.22. The molecule has 0 saturated carbocycles. The van der Waals surface area contributed by atoms with E-state index in [1.165, 1.54) is 0 Å². The Labute approximate surface area is 108 Å². The molecule has 2 aromatic rings. The minimum Gasteiger partial charge on any atom is -0.491 e. The lowest BCUT2D eigenvalue weighted by molar-refractivity contribution is 0.294. The summed E-state index contributed by atoms with van der Waals surface area (Å²) in [5.41, 5.74) is 0.941. The molecule has 3 heteroatoms. The van der Waals surface area contributed by atoms with Crippen molar-refractivity contribution in [2.24, 2.45) is 0 Å². The molecule has 1 heterocycles. The Morgan fingerprint density at radius 3 is 2.94 bits per heavy atom. The molecule has 1 unspecified atom stereocenters. The molecule has 0 aliphatic carbocycles. The Hall–Kier alpha value is -1.61. The van der Waals surface area contributed by atoms with Gasteiger partial charge in [-0.3, -0.25) is 4.98 Å². The van der Waals surface area contributed by atoms with E-state index in [0.717, 1.165) is 29.6 Å². The van der Waals surface area contributed by atoms with Crippen molar-refractivity contribution in [3.05, 3.63) is 36.5 Å². The van der Waals surface area contributed by atoms with Crippen LogP contribution in [0.5, 0.6) is 5.75 Å². The van der Waals surface area contributed by atoms with Crippen LogP contribution in [0.4, 0.5) is 0 Å². The molecule has 0 radical (unpaired) electrons. The van der Waals surface area contributed by atoms with Crippen molar-refractivity contribution in [2.45, 2.75) is 26.3 Å². The van der Waals surface area contributed by atoms with Crippen LogP contribution in [0.1, 0.15) is 20.3 Å². The zero-order chi connectivity index (χ0) is 12.8. The van der Waals surface area contributed by atoms with E-state index in [4.69, 9.17) is 4.74 Å². The number of nitrogens with zero attached hydrogens (tertiary/aromatic N) is 1. The van der Waals surface area contributed by atoms with Crippen molar-refractivity contribution in [2.75, 3.05) is 13.2 Å². The van der Waals surface area contributed by atoms with E-state index in [9.17, 15) is 0 Å². The maximum absolute atomic E-state index is 5.83. The van der Waals surface area contributed by atoms with E-state index in [-0.39, 0.29) is 0 Å². The maximum atomic E-state index is 5.83. The second kappa shape index (κ2) is 6.36. The predicted molar refractivity (Wildman–Crippen MR) is 75.0 cm³/mol. The highest BCUT2D eigenvalue weighted by molar-refractivity contribution is 5.84. The first-order chi connectivity index (χ1) is 8.81. The fourth-order valence-corrected chi connectivity index (χ4v) is 1.99. The van der Waals surface area contributed by atoms with Crippen LogP contribution in [0.25, 0.3) is 10.9 Å². The zero-order valence-corrected chi connectivity index (χ0v) is 11.0. The first kappa shape index (κ1) is 12.8. The van der Waals surface area contributed by atoms with E-state index in [0.29, 0.717) is 12.6 Å². The van der Waals surface area contributed by atoms with Gasteiger partial charge in [0.15, 0.2) is 0 Å². The molecule has 96 valence electrons. The first-order valence-corrected chi connectivity index (χ1v) is 6.51. The monoisotopic (exact) mass is 244 g/mol. The van der Waals surface area contributed by atoms with Gasteiger partial charge in [-0.05, 0) is 32.0 Å². The molecule has 0 aliphatic heterocycles. The van der Waals surface area contributed by atoms with E-state index >= 15 is 0 Å². The largest absolute Gasteiger partial charge is 0.491 e. The minimum absolute atomic E-state index is 0.484. The third-order valence-electron chi connectivity index (χ3n) is 2.96. The van der Waals surface area contributed by atoms with Gasteiger partial charge in [0, 0.05) is 17.6 Å². The molecule has 2 rings (SSSR count).